The van der Waals surface area contributed by atoms with E-state index in [-0.39, 0.29) is 5.54 Å². The van der Waals surface area contributed by atoms with Crippen LogP contribution in [-0.4, -0.2) is 25.7 Å². The Morgan fingerprint density at radius 2 is 2.17 bits per heavy atom. The molecular formula is C11H16BrN5S. The van der Waals surface area contributed by atoms with Crippen molar-refractivity contribution in [3.8, 4) is 0 Å². The van der Waals surface area contributed by atoms with Crippen LogP contribution in [0, 0.1) is 0 Å². The van der Waals surface area contributed by atoms with Gasteiger partial charge in [-0.25, -0.2) is 4.68 Å². The van der Waals surface area contributed by atoms with Crippen LogP contribution in [0.2, 0.25) is 0 Å². The van der Waals surface area contributed by atoms with E-state index >= 15 is 0 Å². The minimum Gasteiger partial charge on any atom is -0.305 e. The molecule has 2 aromatic heterocycles. The van der Waals surface area contributed by atoms with Crippen LogP contribution in [0.1, 0.15) is 31.5 Å². The number of rotatable bonds is 4. The first-order valence-corrected chi connectivity index (χ1v) is 7.29. The maximum Gasteiger partial charge on any atom is 0.165 e. The normalized spacial score (nSPS) is 12.0. The van der Waals surface area contributed by atoms with Crippen LogP contribution in [0.3, 0.4) is 0 Å². The quantitative estimate of drug-likeness (QED) is 0.935. The Kier molecular flexibility index (Phi) is 4.14. The Morgan fingerprint density at radius 1 is 1.39 bits per heavy atom. The molecule has 0 aliphatic carbocycles. The molecule has 5 nitrogen and oxygen atoms in total. The Hall–Kier alpha value is -0.790. The number of halogens is 1. The zero-order valence-corrected chi connectivity index (χ0v) is 13.0. The van der Waals surface area contributed by atoms with Gasteiger partial charge in [0.25, 0.3) is 0 Å². The number of tetrazole rings is 1. The molecular weight excluding hydrogens is 314 g/mol. The predicted octanol–water partition coefficient (Wildman–Crippen LogP) is 2.43. The lowest BCUT2D eigenvalue weighted by Crippen LogP contribution is -2.36. The summed E-state index contributed by atoms with van der Waals surface area (Å²) in [6.07, 6.45) is 0. The molecule has 0 amide bonds. The van der Waals surface area contributed by atoms with Gasteiger partial charge >= 0.3 is 0 Å². The highest BCUT2D eigenvalue weighted by Gasteiger charge is 2.13. The Morgan fingerprint density at radius 3 is 2.78 bits per heavy atom. The van der Waals surface area contributed by atoms with Gasteiger partial charge in [0.05, 0.1) is 16.9 Å². The monoisotopic (exact) mass is 329 g/mol. The summed E-state index contributed by atoms with van der Waals surface area (Å²) in [7, 11) is 0. The summed E-state index contributed by atoms with van der Waals surface area (Å²) < 4.78 is 2.96. The molecule has 7 heteroatoms. The first-order valence-electron chi connectivity index (χ1n) is 5.68. The largest absolute Gasteiger partial charge is 0.305 e. The highest BCUT2D eigenvalue weighted by Crippen LogP contribution is 2.22. The van der Waals surface area contributed by atoms with E-state index in [4.69, 9.17) is 0 Å². The van der Waals surface area contributed by atoms with Gasteiger partial charge in [0.1, 0.15) is 0 Å². The van der Waals surface area contributed by atoms with Crippen LogP contribution in [0.5, 0.6) is 0 Å². The smallest absolute Gasteiger partial charge is 0.165 e. The molecule has 0 radical (unpaired) electrons. The average Bonchev–Trinajstić information content (AvgIpc) is 2.85. The van der Waals surface area contributed by atoms with Crippen LogP contribution < -0.4 is 5.32 Å². The number of thiophene rings is 1. The van der Waals surface area contributed by atoms with Crippen molar-refractivity contribution in [2.75, 3.05) is 0 Å². The fourth-order valence-electron chi connectivity index (χ4n) is 1.40. The number of nitrogens with zero attached hydrogens (tertiary/aromatic N) is 4. The van der Waals surface area contributed by atoms with E-state index in [0.29, 0.717) is 13.1 Å². The first kappa shape index (κ1) is 13.6. The van der Waals surface area contributed by atoms with E-state index in [9.17, 15) is 0 Å². The first-order chi connectivity index (χ1) is 8.44. The van der Waals surface area contributed by atoms with Gasteiger partial charge in [0.2, 0.25) is 0 Å². The van der Waals surface area contributed by atoms with Gasteiger partial charge in [0.15, 0.2) is 5.82 Å². The van der Waals surface area contributed by atoms with E-state index < -0.39 is 0 Å². The van der Waals surface area contributed by atoms with Crippen LogP contribution in [-0.2, 0) is 13.1 Å². The van der Waals surface area contributed by atoms with E-state index in [1.165, 1.54) is 4.88 Å². The second-order valence-electron chi connectivity index (χ2n) is 5.06. The van der Waals surface area contributed by atoms with Crippen LogP contribution in [0.15, 0.2) is 15.9 Å². The maximum absolute atomic E-state index is 4.05. The minimum atomic E-state index is 0.0583. The molecule has 0 unspecified atom stereocenters. The molecule has 18 heavy (non-hydrogen) atoms. The zero-order valence-electron chi connectivity index (χ0n) is 10.6. The summed E-state index contributed by atoms with van der Waals surface area (Å²) in [4.78, 5) is 1.23. The molecule has 0 bridgehead atoms. The Bertz CT molecular complexity index is 513. The van der Waals surface area contributed by atoms with Gasteiger partial charge in [-0.05, 0) is 59.3 Å². The molecule has 1 N–H and O–H groups in total. The van der Waals surface area contributed by atoms with Crippen molar-refractivity contribution in [1.29, 1.82) is 0 Å². The average molecular weight is 330 g/mol. The third-order valence-corrected chi connectivity index (χ3v) is 3.93. The SMILES string of the molecule is CC(C)(C)NCc1nnnn1Cc1ccc(Br)s1. The van der Waals surface area contributed by atoms with Crippen LogP contribution in [0.4, 0.5) is 0 Å². The Labute approximate surface area is 119 Å². The fourth-order valence-corrected chi connectivity index (χ4v) is 2.87. The molecule has 0 saturated carbocycles. The number of hydrogen-bond donors (Lipinski definition) is 1. The molecule has 2 aromatic rings. The second-order valence-corrected chi connectivity index (χ2v) is 7.61. The van der Waals surface area contributed by atoms with Gasteiger partial charge in [-0.15, -0.1) is 16.4 Å². The van der Waals surface area contributed by atoms with Crippen molar-refractivity contribution < 1.29 is 0 Å². The van der Waals surface area contributed by atoms with E-state index in [2.05, 4.69) is 63.6 Å². The topological polar surface area (TPSA) is 55.6 Å². The van der Waals surface area contributed by atoms with E-state index in [0.717, 1.165) is 9.61 Å². The predicted molar refractivity (Wildman–Crippen MR) is 75.5 cm³/mol. The molecule has 0 spiro atoms. The standard InChI is InChI=1S/C11H16BrN5S/c1-11(2,3)13-6-10-14-15-16-17(10)7-8-4-5-9(12)18-8/h4-5,13H,6-7H2,1-3H3. The van der Waals surface area contributed by atoms with Crippen molar-refractivity contribution in [3.05, 3.63) is 26.6 Å². The number of aromatic nitrogens is 4. The molecule has 98 valence electrons. The van der Waals surface area contributed by atoms with Gasteiger partial charge in [0, 0.05) is 10.4 Å². The summed E-state index contributed by atoms with van der Waals surface area (Å²) in [5, 5.41) is 15.2. The van der Waals surface area contributed by atoms with Crippen molar-refractivity contribution in [2.24, 2.45) is 0 Å². The van der Waals surface area contributed by atoms with E-state index in [1.807, 2.05) is 10.7 Å². The number of nitrogens with one attached hydrogen (secondary N) is 1. The van der Waals surface area contributed by atoms with Crippen molar-refractivity contribution >= 4 is 27.3 Å². The lowest BCUT2D eigenvalue weighted by atomic mass is 10.1. The van der Waals surface area contributed by atoms with E-state index in [1.54, 1.807) is 11.3 Å². The lowest BCUT2D eigenvalue weighted by molar-refractivity contribution is 0.410. The highest BCUT2D eigenvalue weighted by atomic mass is 79.9. The zero-order chi connectivity index (χ0) is 13.2. The molecule has 0 aromatic carbocycles. The van der Waals surface area contributed by atoms with Crippen molar-refractivity contribution in [3.63, 3.8) is 0 Å². The summed E-state index contributed by atoms with van der Waals surface area (Å²) in [6.45, 7) is 7.75. The van der Waals surface area contributed by atoms with Gasteiger partial charge < -0.3 is 5.32 Å². The summed E-state index contributed by atoms with van der Waals surface area (Å²) in [6, 6.07) is 4.12. The highest BCUT2D eigenvalue weighted by molar-refractivity contribution is 9.11. The minimum absolute atomic E-state index is 0.0583. The van der Waals surface area contributed by atoms with Crippen molar-refractivity contribution in [1.82, 2.24) is 25.5 Å². The molecule has 2 heterocycles. The molecule has 0 saturated heterocycles. The van der Waals surface area contributed by atoms with Crippen LogP contribution >= 0.6 is 27.3 Å². The number of hydrogen-bond acceptors (Lipinski definition) is 5. The molecule has 0 aliphatic rings. The van der Waals surface area contributed by atoms with Crippen LogP contribution in [0.25, 0.3) is 0 Å². The van der Waals surface area contributed by atoms with Gasteiger partial charge in [-0.2, -0.15) is 0 Å². The molecule has 2 rings (SSSR count). The van der Waals surface area contributed by atoms with Gasteiger partial charge in [-0.3, -0.25) is 0 Å². The Balaban J connectivity index is 2.03. The molecule has 0 aliphatic heterocycles. The third kappa shape index (κ3) is 3.86. The maximum atomic E-state index is 4.05. The lowest BCUT2D eigenvalue weighted by Gasteiger charge is -2.19. The summed E-state index contributed by atoms with van der Waals surface area (Å²) >= 11 is 5.16. The van der Waals surface area contributed by atoms with Gasteiger partial charge in [-0.1, -0.05) is 0 Å². The summed E-state index contributed by atoms with van der Waals surface area (Å²) in [5.74, 6) is 0.856. The molecule has 0 atom stereocenters. The molecule has 0 fully saturated rings. The summed E-state index contributed by atoms with van der Waals surface area (Å²) in [5.41, 5.74) is 0.0583. The second kappa shape index (κ2) is 5.46. The fraction of sp³-hybridized carbons (Fsp3) is 0.545. The van der Waals surface area contributed by atoms with Crippen molar-refractivity contribution in [2.45, 2.75) is 39.4 Å². The third-order valence-electron chi connectivity index (χ3n) is 2.32.